The van der Waals surface area contributed by atoms with Gasteiger partial charge in [0.05, 0.1) is 11.3 Å². The largest absolute Gasteiger partial charge is 0.279 e. The topological polar surface area (TPSA) is 70.0 Å². The minimum absolute atomic E-state index is 0.0322. The maximum absolute atomic E-state index is 13.7. The number of nitrogens with one attached hydrogen (secondary N) is 1. The molecule has 0 bridgehead atoms. The van der Waals surface area contributed by atoms with Crippen LogP contribution in [-0.2, 0) is 10.0 Å². The van der Waals surface area contributed by atoms with Crippen molar-refractivity contribution >= 4 is 31.6 Å². The molecule has 0 saturated heterocycles. The van der Waals surface area contributed by atoms with Gasteiger partial charge < -0.3 is 0 Å². The predicted octanol–water partition coefficient (Wildman–Crippen LogP) is 3.40. The number of anilines is 1. The molecule has 2 rings (SSSR count). The molecule has 0 radical (unpaired) electrons. The second-order valence-corrected chi connectivity index (χ2v) is 6.55. The zero-order chi connectivity index (χ0) is 15.6. The Balaban J connectivity index is 2.40. The number of halogens is 3. The molecule has 0 heterocycles. The third-order valence-electron chi connectivity index (χ3n) is 2.52. The van der Waals surface area contributed by atoms with Crippen molar-refractivity contribution in [3.05, 3.63) is 58.1 Å². The highest BCUT2D eigenvalue weighted by atomic mass is 79.9. The van der Waals surface area contributed by atoms with E-state index in [0.717, 1.165) is 30.3 Å². The third-order valence-corrected chi connectivity index (χ3v) is 4.43. The van der Waals surface area contributed by atoms with Crippen molar-refractivity contribution in [1.82, 2.24) is 0 Å². The molecule has 0 aliphatic carbocycles. The molecular formula is C13H7BrF2N2O2S. The quantitative estimate of drug-likeness (QED) is 0.897. The van der Waals surface area contributed by atoms with Gasteiger partial charge in [-0.05, 0) is 36.4 Å². The van der Waals surface area contributed by atoms with Crippen LogP contribution in [0, 0.1) is 23.0 Å². The summed E-state index contributed by atoms with van der Waals surface area (Å²) >= 11 is 3.02. The normalized spacial score (nSPS) is 11.0. The lowest BCUT2D eigenvalue weighted by molar-refractivity contribution is 0.569. The average molecular weight is 373 g/mol. The minimum Gasteiger partial charge on any atom is -0.279 e. The molecule has 0 saturated carbocycles. The van der Waals surface area contributed by atoms with Crippen LogP contribution in [0.4, 0.5) is 14.5 Å². The SMILES string of the molecule is N#Cc1cc(NS(=O)(=O)c2ccc(Br)cc2F)ccc1F. The van der Waals surface area contributed by atoms with Crippen LogP contribution in [-0.4, -0.2) is 8.42 Å². The van der Waals surface area contributed by atoms with Gasteiger partial charge >= 0.3 is 0 Å². The summed E-state index contributed by atoms with van der Waals surface area (Å²) in [5, 5.41) is 8.70. The van der Waals surface area contributed by atoms with Crippen LogP contribution in [0.15, 0.2) is 45.8 Å². The Morgan fingerprint density at radius 1 is 1.10 bits per heavy atom. The van der Waals surface area contributed by atoms with Crippen molar-refractivity contribution in [2.45, 2.75) is 4.90 Å². The van der Waals surface area contributed by atoms with E-state index < -0.39 is 26.6 Å². The molecule has 1 N–H and O–H groups in total. The summed E-state index contributed by atoms with van der Waals surface area (Å²) in [5.41, 5.74) is -0.346. The van der Waals surface area contributed by atoms with Crippen LogP contribution in [0.5, 0.6) is 0 Å². The Bertz CT molecular complexity index is 848. The highest BCUT2D eigenvalue weighted by Gasteiger charge is 2.19. The molecule has 0 atom stereocenters. The Hall–Kier alpha value is -1.98. The molecule has 21 heavy (non-hydrogen) atoms. The van der Waals surface area contributed by atoms with Crippen molar-refractivity contribution in [3.63, 3.8) is 0 Å². The van der Waals surface area contributed by atoms with Gasteiger partial charge in [0.25, 0.3) is 10.0 Å². The van der Waals surface area contributed by atoms with Gasteiger partial charge in [0, 0.05) is 4.47 Å². The van der Waals surface area contributed by atoms with Crippen molar-refractivity contribution < 1.29 is 17.2 Å². The standard InChI is InChI=1S/C13H7BrF2N2O2S/c14-9-1-4-13(12(16)6-9)21(19,20)18-10-2-3-11(15)8(5-10)7-17/h1-6,18H. The number of benzene rings is 2. The number of nitriles is 1. The van der Waals surface area contributed by atoms with E-state index in [-0.39, 0.29) is 11.3 Å². The Kier molecular flexibility index (Phi) is 4.25. The second kappa shape index (κ2) is 5.79. The second-order valence-electron chi connectivity index (χ2n) is 3.99. The van der Waals surface area contributed by atoms with Gasteiger partial charge in [0.15, 0.2) is 0 Å². The van der Waals surface area contributed by atoms with Gasteiger partial charge in [-0.1, -0.05) is 15.9 Å². The van der Waals surface area contributed by atoms with Crippen molar-refractivity contribution in [1.29, 1.82) is 5.26 Å². The Morgan fingerprint density at radius 3 is 2.43 bits per heavy atom. The molecule has 8 heteroatoms. The summed E-state index contributed by atoms with van der Waals surface area (Å²) in [6, 6.07) is 8.20. The third kappa shape index (κ3) is 3.37. The van der Waals surface area contributed by atoms with E-state index in [9.17, 15) is 17.2 Å². The molecule has 0 unspecified atom stereocenters. The molecular weight excluding hydrogens is 366 g/mol. The highest BCUT2D eigenvalue weighted by Crippen LogP contribution is 2.23. The average Bonchev–Trinajstić information content (AvgIpc) is 2.40. The molecule has 108 valence electrons. The van der Waals surface area contributed by atoms with Crippen molar-refractivity contribution in [2.24, 2.45) is 0 Å². The maximum Gasteiger partial charge on any atom is 0.264 e. The van der Waals surface area contributed by atoms with Gasteiger partial charge in [-0.3, -0.25) is 4.72 Å². The van der Waals surface area contributed by atoms with Crippen LogP contribution in [0.1, 0.15) is 5.56 Å². The minimum atomic E-state index is -4.18. The van der Waals surface area contributed by atoms with E-state index in [2.05, 4.69) is 20.7 Å². The fourth-order valence-electron chi connectivity index (χ4n) is 1.58. The summed E-state index contributed by atoms with van der Waals surface area (Å²) < 4.78 is 53.5. The predicted molar refractivity (Wildman–Crippen MR) is 76.0 cm³/mol. The lowest BCUT2D eigenvalue weighted by Crippen LogP contribution is -2.14. The van der Waals surface area contributed by atoms with Gasteiger partial charge in [-0.2, -0.15) is 5.26 Å². The Labute approximate surface area is 128 Å². The number of nitrogens with zero attached hydrogens (tertiary/aromatic N) is 1. The lowest BCUT2D eigenvalue weighted by Gasteiger charge is -2.09. The lowest BCUT2D eigenvalue weighted by atomic mass is 10.2. The fourth-order valence-corrected chi connectivity index (χ4v) is 3.02. The van der Waals surface area contributed by atoms with Crippen LogP contribution in [0.3, 0.4) is 0 Å². The van der Waals surface area contributed by atoms with Crippen molar-refractivity contribution in [2.75, 3.05) is 4.72 Å². The molecule has 2 aromatic carbocycles. The first-order chi connectivity index (χ1) is 9.83. The van der Waals surface area contributed by atoms with Gasteiger partial charge in [-0.15, -0.1) is 0 Å². The smallest absolute Gasteiger partial charge is 0.264 e. The molecule has 2 aromatic rings. The monoisotopic (exact) mass is 372 g/mol. The summed E-state index contributed by atoms with van der Waals surface area (Å²) in [4.78, 5) is -0.548. The molecule has 0 fully saturated rings. The van der Waals surface area contributed by atoms with Crippen LogP contribution in [0.2, 0.25) is 0 Å². The van der Waals surface area contributed by atoms with Gasteiger partial charge in [-0.25, -0.2) is 17.2 Å². The summed E-state index contributed by atoms with van der Waals surface area (Å²) in [6.45, 7) is 0. The molecule has 0 aliphatic heterocycles. The van der Waals surface area contributed by atoms with Crippen molar-refractivity contribution in [3.8, 4) is 6.07 Å². The number of sulfonamides is 1. The summed E-state index contributed by atoms with van der Waals surface area (Å²) in [5.74, 6) is -1.70. The first kappa shape index (κ1) is 15.4. The molecule has 0 aromatic heterocycles. The van der Waals surface area contributed by atoms with E-state index in [4.69, 9.17) is 5.26 Å². The summed E-state index contributed by atoms with van der Waals surface area (Å²) in [7, 11) is -4.18. The van der Waals surface area contributed by atoms with E-state index in [1.165, 1.54) is 6.07 Å². The first-order valence-electron chi connectivity index (χ1n) is 5.51. The number of hydrogen-bond donors (Lipinski definition) is 1. The van der Waals surface area contributed by atoms with Gasteiger partial charge in [0.2, 0.25) is 0 Å². The first-order valence-corrected chi connectivity index (χ1v) is 7.78. The summed E-state index contributed by atoms with van der Waals surface area (Å²) in [6.07, 6.45) is 0. The zero-order valence-electron chi connectivity index (χ0n) is 10.3. The maximum atomic E-state index is 13.7. The van der Waals surface area contributed by atoms with E-state index in [1.807, 2.05) is 0 Å². The zero-order valence-corrected chi connectivity index (χ0v) is 12.7. The fraction of sp³-hybridized carbons (Fsp3) is 0. The highest BCUT2D eigenvalue weighted by molar-refractivity contribution is 9.10. The molecule has 0 amide bonds. The number of rotatable bonds is 3. The van der Waals surface area contributed by atoms with E-state index in [1.54, 1.807) is 6.07 Å². The van der Waals surface area contributed by atoms with Crippen LogP contribution >= 0.6 is 15.9 Å². The molecule has 0 spiro atoms. The molecule has 4 nitrogen and oxygen atoms in total. The Morgan fingerprint density at radius 2 is 1.81 bits per heavy atom. The number of hydrogen-bond acceptors (Lipinski definition) is 3. The van der Waals surface area contributed by atoms with E-state index in [0.29, 0.717) is 4.47 Å². The van der Waals surface area contributed by atoms with Crippen LogP contribution < -0.4 is 4.72 Å². The molecule has 0 aliphatic rings. The van der Waals surface area contributed by atoms with Gasteiger partial charge in [0.1, 0.15) is 22.6 Å². The van der Waals surface area contributed by atoms with E-state index >= 15 is 0 Å². The van der Waals surface area contributed by atoms with Crippen LogP contribution in [0.25, 0.3) is 0 Å².